The Balaban J connectivity index is 2.27. The van der Waals surface area contributed by atoms with E-state index in [4.69, 9.17) is 0 Å². The molecule has 0 aliphatic heterocycles. The summed E-state index contributed by atoms with van der Waals surface area (Å²) in [5.74, 6) is 1.03. The van der Waals surface area contributed by atoms with E-state index in [0.29, 0.717) is 6.04 Å². The molecule has 2 aromatic rings. The molecule has 1 aromatic carbocycles. The molecule has 0 saturated carbocycles. The average molecular weight is 272 g/mol. The quantitative estimate of drug-likeness (QED) is 0.879. The lowest BCUT2D eigenvalue weighted by atomic mass is 9.96. The smallest absolute Gasteiger partial charge is 0.138 e. The first-order valence-electron chi connectivity index (χ1n) is 7.30. The van der Waals surface area contributed by atoms with Crippen LogP contribution in [0.3, 0.4) is 0 Å². The average Bonchev–Trinajstić information content (AvgIpc) is 2.93. The topological polar surface area (TPSA) is 42.7 Å². The summed E-state index contributed by atoms with van der Waals surface area (Å²) < 4.78 is 2.00. The van der Waals surface area contributed by atoms with Gasteiger partial charge in [-0.1, -0.05) is 31.2 Å². The Labute approximate surface area is 121 Å². The highest BCUT2D eigenvalue weighted by Gasteiger charge is 2.17. The van der Waals surface area contributed by atoms with E-state index in [9.17, 15) is 0 Å². The minimum Gasteiger partial charge on any atom is -0.313 e. The highest BCUT2D eigenvalue weighted by atomic mass is 15.3. The highest BCUT2D eigenvalue weighted by molar-refractivity contribution is 5.30. The molecule has 1 heterocycles. The molecule has 0 aliphatic carbocycles. The van der Waals surface area contributed by atoms with Gasteiger partial charge in [0.2, 0.25) is 0 Å². The number of aromatic nitrogens is 3. The van der Waals surface area contributed by atoms with Crippen molar-refractivity contribution in [2.45, 2.75) is 45.7 Å². The molecular formula is C16H24N4. The number of hydrogen-bond donors (Lipinski definition) is 1. The molecule has 1 N–H and O–H groups in total. The maximum absolute atomic E-state index is 4.42. The summed E-state index contributed by atoms with van der Waals surface area (Å²) in [6.45, 7) is 6.46. The molecule has 0 fully saturated rings. The standard InChI is InChI=1S/C16H24N4/c1-5-13-8-6-7-9-14(13)15(17-4)10-16-18-11-19-20(16)12(2)3/h6-9,11-12,15,17H,5,10H2,1-4H3. The third kappa shape index (κ3) is 3.07. The molecule has 0 radical (unpaired) electrons. The van der Waals surface area contributed by atoms with Gasteiger partial charge in [0, 0.05) is 18.5 Å². The predicted molar refractivity (Wildman–Crippen MR) is 81.7 cm³/mol. The maximum atomic E-state index is 4.42. The lowest BCUT2D eigenvalue weighted by Gasteiger charge is -2.20. The summed E-state index contributed by atoms with van der Waals surface area (Å²) in [6.07, 6.45) is 3.55. The third-order valence-corrected chi connectivity index (χ3v) is 3.68. The Morgan fingerprint density at radius 3 is 2.65 bits per heavy atom. The van der Waals surface area contributed by atoms with E-state index in [2.05, 4.69) is 60.4 Å². The fraction of sp³-hybridized carbons (Fsp3) is 0.500. The van der Waals surface area contributed by atoms with Gasteiger partial charge in [0.05, 0.1) is 0 Å². The zero-order chi connectivity index (χ0) is 14.5. The minimum absolute atomic E-state index is 0.271. The summed E-state index contributed by atoms with van der Waals surface area (Å²) in [5, 5.41) is 7.73. The molecule has 1 aromatic heterocycles. The van der Waals surface area contributed by atoms with E-state index in [1.807, 2.05) is 11.7 Å². The molecule has 20 heavy (non-hydrogen) atoms. The molecule has 2 rings (SSSR count). The molecule has 0 saturated heterocycles. The first-order valence-corrected chi connectivity index (χ1v) is 7.30. The second kappa shape index (κ2) is 6.66. The molecule has 0 amide bonds. The van der Waals surface area contributed by atoms with Gasteiger partial charge in [-0.3, -0.25) is 0 Å². The summed E-state index contributed by atoms with van der Waals surface area (Å²) in [7, 11) is 2.01. The van der Waals surface area contributed by atoms with Crippen molar-refractivity contribution in [2.75, 3.05) is 7.05 Å². The number of aryl methyl sites for hydroxylation is 1. The second-order valence-electron chi connectivity index (χ2n) is 5.31. The Kier molecular flexibility index (Phi) is 4.90. The fourth-order valence-corrected chi connectivity index (χ4v) is 2.60. The molecule has 108 valence electrons. The van der Waals surface area contributed by atoms with Crippen molar-refractivity contribution in [1.29, 1.82) is 0 Å². The van der Waals surface area contributed by atoms with Crippen molar-refractivity contribution in [2.24, 2.45) is 0 Å². The number of hydrogen-bond acceptors (Lipinski definition) is 3. The molecular weight excluding hydrogens is 248 g/mol. The molecule has 4 heteroatoms. The van der Waals surface area contributed by atoms with Crippen LogP contribution < -0.4 is 5.32 Å². The lowest BCUT2D eigenvalue weighted by Crippen LogP contribution is -2.22. The fourth-order valence-electron chi connectivity index (χ4n) is 2.60. The number of likely N-dealkylation sites (N-methyl/N-ethyl adjacent to an activating group) is 1. The number of rotatable bonds is 6. The van der Waals surface area contributed by atoms with Crippen molar-refractivity contribution in [3.63, 3.8) is 0 Å². The van der Waals surface area contributed by atoms with Crippen LogP contribution >= 0.6 is 0 Å². The van der Waals surface area contributed by atoms with Crippen molar-refractivity contribution >= 4 is 0 Å². The van der Waals surface area contributed by atoms with E-state index < -0.39 is 0 Å². The lowest BCUT2D eigenvalue weighted by molar-refractivity contribution is 0.477. The van der Waals surface area contributed by atoms with Crippen LogP contribution in [0.1, 0.15) is 49.8 Å². The van der Waals surface area contributed by atoms with Crippen LogP contribution in [-0.4, -0.2) is 21.8 Å². The number of nitrogens with one attached hydrogen (secondary N) is 1. The van der Waals surface area contributed by atoms with Crippen LogP contribution in [0.15, 0.2) is 30.6 Å². The monoisotopic (exact) mass is 272 g/mol. The van der Waals surface area contributed by atoms with Gasteiger partial charge in [0.25, 0.3) is 0 Å². The first-order chi connectivity index (χ1) is 9.67. The summed E-state index contributed by atoms with van der Waals surface area (Å²) >= 11 is 0. The highest BCUT2D eigenvalue weighted by Crippen LogP contribution is 2.22. The summed E-state index contributed by atoms with van der Waals surface area (Å²) in [4.78, 5) is 4.42. The van der Waals surface area contributed by atoms with Crippen LogP contribution in [0.5, 0.6) is 0 Å². The first kappa shape index (κ1) is 14.7. The van der Waals surface area contributed by atoms with E-state index in [0.717, 1.165) is 18.7 Å². The van der Waals surface area contributed by atoms with E-state index in [-0.39, 0.29) is 6.04 Å². The SMILES string of the molecule is CCc1ccccc1C(Cc1ncnn1C(C)C)NC. The van der Waals surface area contributed by atoms with Crippen LogP contribution in [0.4, 0.5) is 0 Å². The Bertz CT molecular complexity index is 545. The van der Waals surface area contributed by atoms with Gasteiger partial charge in [0.15, 0.2) is 0 Å². The largest absolute Gasteiger partial charge is 0.313 e. The van der Waals surface area contributed by atoms with Gasteiger partial charge >= 0.3 is 0 Å². The summed E-state index contributed by atoms with van der Waals surface area (Å²) in [6, 6.07) is 9.22. The van der Waals surface area contributed by atoms with Crippen LogP contribution in [0.2, 0.25) is 0 Å². The van der Waals surface area contributed by atoms with Crippen molar-refractivity contribution in [3.8, 4) is 0 Å². The van der Waals surface area contributed by atoms with Gasteiger partial charge in [-0.25, -0.2) is 9.67 Å². The molecule has 4 nitrogen and oxygen atoms in total. The Morgan fingerprint density at radius 2 is 2.00 bits per heavy atom. The van der Waals surface area contributed by atoms with Crippen molar-refractivity contribution < 1.29 is 0 Å². The number of nitrogens with zero attached hydrogens (tertiary/aromatic N) is 3. The van der Waals surface area contributed by atoms with E-state index >= 15 is 0 Å². The number of benzene rings is 1. The van der Waals surface area contributed by atoms with Crippen LogP contribution in [0.25, 0.3) is 0 Å². The van der Waals surface area contributed by atoms with Crippen molar-refractivity contribution in [1.82, 2.24) is 20.1 Å². The summed E-state index contributed by atoms with van der Waals surface area (Å²) in [5.41, 5.74) is 2.75. The van der Waals surface area contributed by atoms with E-state index in [1.165, 1.54) is 11.1 Å². The molecule has 0 aliphatic rings. The molecule has 0 spiro atoms. The Hall–Kier alpha value is -1.68. The molecule has 0 bridgehead atoms. The van der Waals surface area contributed by atoms with E-state index in [1.54, 1.807) is 6.33 Å². The predicted octanol–water partition coefficient (Wildman–Crippen LogP) is 2.92. The van der Waals surface area contributed by atoms with Gasteiger partial charge < -0.3 is 5.32 Å². The zero-order valence-electron chi connectivity index (χ0n) is 12.8. The third-order valence-electron chi connectivity index (χ3n) is 3.68. The normalized spacial score (nSPS) is 12.8. The zero-order valence-corrected chi connectivity index (χ0v) is 12.8. The Morgan fingerprint density at radius 1 is 1.25 bits per heavy atom. The molecule has 1 unspecified atom stereocenters. The van der Waals surface area contributed by atoms with Gasteiger partial charge in [-0.05, 0) is 38.4 Å². The van der Waals surface area contributed by atoms with Gasteiger partial charge in [0.1, 0.15) is 12.2 Å². The van der Waals surface area contributed by atoms with Crippen LogP contribution in [0, 0.1) is 0 Å². The van der Waals surface area contributed by atoms with Gasteiger partial charge in [-0.2, -0.15) is 5.10 Å². The van der Waals surface area contributed by atoms with Gasteiger partial charge in [-0.15, -0.1) is 0 Å². The van der Waals surface area contributed by atoms with Crippen molar-refractivity contribution in [3.05, 3.63) is 47.5 Å². The van der Waals surface area contributed by atoms with Crippen LogP contribution in [-0.2, 0) is 12.8 Å². The second-order valence-corrected chi connectivity index (χ2v) is 5.31. The molecule has 1 atom stereocenters. The minimum atomic E-state index is 0.271. The maximum Gasteiger partial charge on any atom is 0.138 e.